The summed E-state index contributed by atoms with van der Waals surface area (Å²) in [6.07, 6.45) is 4.90. The zero-order chi connectivity index (χ0) is 26.1. The van der Waals surface area contributed by atoms with Crippen LogP contribution < -0.4 is 16.1 Å². The van der Waals surface area contributed by atoms with Gasteiger partial charge in [-0.15, -0.1) is 0 Å². The van der Waals surface area contributed by atoms with Gasteiger partial charge in [-0.3, -0.25) is 29.4 Å². The topological polar surface area (TPSA) is 137 Å². The van der Waals surface area contributed by atoms with Gasteiger partial charge in [0.25, 0.3) is 11.8 Å². The van der Waals surface area contributed by atoms with Crippen molar-refractivity contribution in [1.29, 1.82) is 0 Å². The monoisotopic (exact) mass is 501 g/mol. The minimum atomic E-state index is -1.30. The third-order valence-electron chi connectivity index (χ3n) is 7.34. The minimum Gasteiger partial charge on any atom is -0.322 e. The van der Waals surface area contributed by atoms with E-state index in [1.807, 2.05) is 13.0 Å². The highest BCUT2D eigenvalue weighted by molar-refractivity contribution is 6.23. The molecule has 2 aliphatic carbocycles. The number of fused-ring (bicyclic) bond motifs is 2. The molecule has 190 valence electrons. The summed E-state index contributed by atoms with van der Waals surface area (Å²) >= 11 is 0. The molecule has 2 aromatic carbocycles. The van der Waals surface area contributed by atoms with Gasteiger partial charge < -0.3 is 5.32 Å². The fourth-order valence-electron chi connectivity index (χ4n) is 5.51. The molecule has 0 unspecified atom stereocenters. The first-order chi connectivity index (χ1) is 17.8. The van der Waals surface area contributed by atoms with Crippen LogP contribution in [0.1, 0.15) is 52.0 Å². The standard InChI is InChI=1S/C27H27N5O5/c1-15-3-2-4-19(11-15)23(33)29-20-9-7-17(8-10-20)24(34)31-28-14-21-25(35)30-27(37)32(26(21)36)22-13-16-5-6-18(22)12-16/h2-4,7-11,14,16,18,21-22H,5-6,12-13H2,1H3,(H,29,33)(H,31,34)(H,30,35,37)/b28-14-/t16-,18-,21+,22-/m0/s1. The molecule has 4 atom stereocenters. The average Bonchev–Trinajstić information content (AvgIpc) is 3.50. The lowest BCUT2D eigenvalue weighted by molar-refractivity contribution is -0.141. The van der Waals surface area contributed by atoms with E-state index < -0.39 is 29.7 Å². The molecular formula is C27H27N5O5. The van der Waals surface area contributed by atoms with E-state index in [4.69, 9.17) is 0 Å². The van der Waals surface area contributed by atoms with Gasteiger partial charge in [-0.05, 0) is 74.4 Å². The molecule has 2 saturated carbocycles. The van der Waals surface area contributed by atoms with Crippen LogP contribution in [0.3, 0.4) is 0 Å². The summed E-state index contributed by atoms with van der Waals surface area (Å²) in [6.45, 7) is 1.90. The number of aryl methyl sites for hydroxylation is 1. The van der Waals surface area contributed by atoms with Gasteiger partial charge in [0.15, 0.2) is 5.92 Å². The van der Waals surface area contributed by atoms with E-state index in [2.05, 4.69) is 21.2 Å². The molecule has 6 amide bonds. The number of hydrogen-bond acceptors (Lipinski definition) is 6. The number of amides is 6. The third-order valence-corrected chi connectivity index (χ3v) is 7.34. The Balaban J connectivity index is 1.18. The zero-order valence-electron chi connectivity index (χ0n) is 20.3. The van der Waals surface area contributed by atoms with E-state index >= 15 is 0 Å². The second-order valence-electron chi connectivity index (χ2n) is 9.84. The molecular weight excluding hydrogens is 474 g/mol. The predicted molar refractivity (Wildman–Crippen MR) is 135 cm³/mol. The molecule has 1 heterocycles. The van der Waals surface area contributed by atoms with Crippen molar-refractivity contribution < 1.29 is 24.0 Å². The largest absolute Gasteiger partial charge is 0.331 e. The first-order valence-electron chi connectivity index (χ1n) is 12.3. The Labute approximate surface area is 213 Å². The first kappa shape index (κ1) is 24.4. The van der Waals surface area contributed by atoms with Gasteiger partial charge >= 0.3 is 6.03 Å². The summed E-state index contributed by atoms with van der Waals surface area (Å²) in [5.41, 5.74) is 4.59. The summed E-state index contributed by atoms with van der Waals surface area (Å²) in [5.74, 6) is -2.71. The molecule has 2 aromatic rings. The Bertz CT molecular complexity index is 1300. The number of nitrogens with zero attached hydrogens (tertiary/aromatic N) is 2. The first-order valence-corrected chi connectivity index (χ1v) is 12.3. The molecule has 5 rings (SSSR count). The molecule has 3 fully saturated rings. The lowest BCUT2D eigenvalue weighted by atomic mass is 9.92. The van der Waals surface area contributed by atoms with Crippen LogP contribution in [0.4, 0.5) is 10.5 Å². The summed E-state index contributed by atoms with van der Waals surface area (Å²) in [6, 6.07) is 12.5. The highest BCUT2D eigenvalue weighted by atomic mass is 16.2. The molecule has 10 heteroatoms. The number of urea groups is 1. The Kier molecular flexibility index (Phi) is 6.56. The second kappa shape index (κ2) is 9.96. The van der Waals surface area contributed by atoms with Gasteiger partial charge in [0.05, 0.1) is 0 Å². The number of hydrazone groups is 1. The number of carbonyl (C=O) groups is 5. The van der Waals surface area contributed by atoms with Gasteiger partial charge in [-0.25, -0.2) is 10.2 Å². The molecule has 10 nitrogen and oxygen atoms in total. The maximum absolute atomic E-state index is 13.0. The van der Waals surface area contributed by atoms with Crippen LogP contribution in [0.2, 0.25) is 0 Å². The summed E-state index contributed by atoms with van der Waals surface area (Å²) in [7, 11) is 0. The molecule has 3 aliphatic rings. The van der Waals surface area contributed by atoms with Crippen LogP contribution in [0.25, 0.3) is 0 Å². The molecule has 0 radical (unpaired) electrons. The summed E-state index contributed by atoms with van der Waals surface area (Å²) in [5, 5.41) is 8.83. The second-order valence-corrected chi connectivity index (χ2v) is 9.84. The van der Waals surface area contributed by atoms with E-state index in [0.29, 0.717) is 17.2 Å². The van der Waals surface area contributed by atoms with Gasteiger partial charge in [0.2, 0.25) is 11.8 Å². The van der Waals surface area contributed by atoms with Crippen molar-refractivity contribution >= 4 is 41.6 Å². The number of barbiturate groups is 1. The quantitative estimate of drug-likeness (QED) is 0.318. The molecule has 1 aliphatic heterocycles. The molecule has 2 bridgehead atoms. The number of benzene rings is 2. The lowest BCUT2D eigenvalue weighted by Gasteiger charge is -2.36. The summed E-state index contributed by atoms with van der Waals surface area (Å²) < 4.78 is 0. The number of imide groups is 2. The van der Waals surface area contributed by atoms with Crippen LogP contribution >= 0.6 is 0 Å². The van der Waals surface area contributed by atoms with Crippen molar-refractivity contribution in [3.8, 4) is 0 Å². The fraction of sp³-hybridized carbons (Fsp3) is 0.333. The van der Waals surface area contributed by atoms with Gasteiger partial charge in [0.1, 0.15) is 0 Å². The van der Waals surface area contributed by atoms with E-state index in [9.17, 15) is 24.0 Å². The Morgan fingerprint density at radius 1 is 1.00 bits per heavy atom. The minimum absolute atomic E-state index is 0.199. The maximum Gasteiger partial charge on any atom is 0.331 e. The van der Waals surface area contributed by atoms with Crippen molar-refractivity contribution in [3.63, 3.8) is 0 Å². The van der Waals surface area contributed by atoms with E-state index in [-0.39, 0.29) is 23.4 Å². The maximum atomic E-state index is 13.0. The number of carbonyl (C=O) groups excluding carboxylic acids is 5. The molecule has 3 N–H and O–H groups in total. The number of anilines is 1. The normalized spacial score (nSPS) is 24.9. The zero-order valence-corrected chi connectivity index (χ0v) is 20.3. The average molecular weight is 502 g/mol. The van der Waals surface area contributed by atoms with E-state index in [0.717, 1.165) is 37.5 Å². The Morgan fingerprint density at radius 3 is 2.46 bits per heavy atom. The van der Waals surface area contributed by atoms with Gasteiger partial charge in [-0.2, -0.15) is 5.10 Å². The van der Waals surface area contributed by atoms with Crippen molar-refractivity contribution in [2.45, 2.75) is 38.6 Å². The van der Waals surface area contributed by atoms with Crippen LogP contribution in [0.15, 0.2) is 53.6 Å². The van der Waals surface area contributed by atoms with E-state index in [1.54, 1.807) is 30.3 Å². The SMILES string of the molecule is Cc1cccc(C(=O)Nc2ccc(C(=O)N/N=C\[C@@H]3C(=O)NC(=O)N([C@H]4C[C@H]5CC[C@H]4C5)C3=O)cc2)c1. The van der Waals surface area contributed by atoms with Gasteiger partial charge in [-0.1, -0.05) is 24.1 Å². The number of rotatable bonds is 6. The van der Waals surface area contributed by atoms with Crippen molar-refractivity contribution in [2.24, 2.45) is 22.9 Å². The van der Waals surface area contributed by atoms with Crippen LogP contribution in [-0.2, 0) is 9.59 Å². The Morgan fingerprint density at radius 2 is 1.78 bits per heavy atom. The lowest BCUT2D eigenvalue weighted by Crippen LogP contribution is -2.62. The molecule has 0 aromatic heterocycles. The molecule has 1 saturated heterocycles. The van der Waals surface area contributed by atoms with E-state index in [1.165, 1.54) is 17.0 Å². The highest BCUT2D eigenvalue weighted by Crippen LogP contribution is 2.47. The number of hydrogen-bond donors (Lipinski definition) is 3. The van der Waals surface area contributed by atoms with Crippen LogP contribution in [-0.4, -0.2) is 46.8 Å². The molecule has 37 heavy (non-hydrogen) atoms. The molecule has 0 spiro atoms. The van der Waals surface area contributed by atoms with Crippen molar-refractivity contribution in [1.82, 2.24) is 15.6 Å². The number of nitrogens with one attached hydrogen (secondary N) is 3. The van der Waals surface area contributed by atoms with Crippen LogP contribution in [0, 0.1) is 24.7 Å². The fourth-order valence-corrected chi connectivity index (χ4v) is 5.51. The highest BCUT2D eigenvalue weighted by Gasteiger charge is 2.50. The summed E-state index contributed by atoms with van der Waals surface area (Å²) in [4.78, 5) is 63.8. The third kappa shape index (κ3) is 5.00. The van der Waals surface area contributed by atoms with Crippen LogP contribution in [0.5, 0.6) is 0 Å². The van der Waals surface area contributed by atoms with Gasteiger partial charge in [0, 0.05) is 29.1 Å². The smallest absolute Gasteiger partial charge is 0.322 e. The predicted octanol–water partition coefficient (Wildman–Crippen LogP) is 2.85. The van der Waals surface area contributed by atoms with Crippen molar-refractivity contribution in [3.05, 3.63) is 65.2 Å². The Hall–Kier alpha value is -4.34. The van der Waals surface area contributed by atoms with Crippen molar-refractivity contribution in [2.75, 3.05) is 5.32 Å².